The number of hydrogen-bond acceptors (Lipinski definition) is 4. The average molecular weight is 319 g/mol. The largest absolute Gasteiger partial charge is 0.312 e. The van der Waals surface area contributed by atoms with Crippen molar-refractivity contribution < 1.29 is 4.79 Å². The minimum Gasteiger partial charge on any atom is -0.312 e. The van der Waals surface area contributed by atoms with E-state index < -0.39 is 0 Å². The maximum Gasteiger partial charge on any atom is 0.227 e. The molecule has 1 amide bonds. The summed E-state index contributed by atoms with van der Waals surface area (Å²) in [6.07, 6.45) is 1.49. The molecule has 1 aromatic heterocycles. The highest BCUT2D eigenvalue weighted by atomic mass is 16.2. The van der Waals surface area contributed by atoms with Crippen molar-refractivity contribution in [2.45, 2.75) is 12.8 Å². The topological polar surface area (TPSA) is 74.8 Å². The van der Waals surface area contributed by atoms with Gasteiger partial charge in [-0.1, -0.05) is 42.5 Å². The average Bonchev–Trinajstić information content (AvgIpc) is 3.26. The van der Waals surface area contributed by atoms with Gasteiger partial charge in [0.2, 0.25) is 11.7 Å². The minimum atomic E-state index is 0.203. The zero-order chi connectivity index (χ0) is 16.4. The number of hydrogen-bond donors (Lipinski definition) is 1. The summed E-state index contributed by atoms with van der Waals surface area (Å²) in [5.74, 6) is 1.14. The maximum atomic E-state index is 12.3. The van der Waals surface area contributed by atoms with E-state index in [1.165, 1.54) is 5.56 Å². The predicted molar refractivity (Wildman–Crippen MR) is 90.2 cm³/mol. The Kier molecular flexibility index (Phi) is 3.78. The first-order valence-corrected chi connectivity index (χ1v) is 7.98. The highest BCUT2D eigenvalue weighted by Crippen LogP contribution is 2.27. The molecule has 1 unspecified atom stereocenters. The van der Waals surface area contributed by atoms with Crippen molar-refractivity contribution in [2.75, 3.05) is 11.4 Å². The molecule has 6 nitrogen and oxygen atoms in total. The third kappa shape index (κ3) is 2.90. The molecule has 3 aromatic rings. The maximum absolute atomic E-state index is 12.3. The zero-order valence-corrected chi connectivity index (χ0v) is 13.1. The van der Waals surface area contributed by atoms with Gasteiger partial charge in [0, 0.05) is 24.2 Å². The quantitative estimate of drug-likeness (QED) is 0.801. The van der Waals surface area contributed by atoms with Gasteiger partial charge < -0.3 is 4.90 Å². The van der Waals surface area contributed by atoms with Crippen LogP contribution in [0.15, 0.2) is 54.6 Å². The second-order valence-corrected chi connectivity index (χ2v) is 6.05. The SMILES string of the molecule is O=C1CC(Cc2ccc(-c3nn[nH]n3)cc2)CN1c1ccccc1. The van der Waals surface area contributed by atoms with Crippen LogP contribution < -0.4 is 4.90 Å². The number of carbonyl (C=O) groups is 1. The van der Waals surface area contributed by atoms with Gasteiger partial charge in [0.25, 0.3) is 0 Å². The molecule has 1 N–H and O–H groups in total. The summed E-state index contributed by atoms with van der Waals surface area (Å²) in [4.78, 5) is 14.2. The highest BCUT2D eigenvalue weighted by molar-refractivity contribution is 5.95. The number of amides is 1. The zero-order valence-electron chi connectivity index (χ0n) is 13.1. The number of nitrogens with zero attached hydrogens (tertiary/aromatic N) is 4. The number of tetrazole rings is 1. The van der Waals surface area contributed by atoms with E-state index in [0.717, 1.165) is 24.2 Å². The lowest BCUT2D eigenvalue weighted by Crippen LogP contribution is -2.24. The lowest BCUT2D eigenvalue weighted by Gasteiger charge is -2.16. The molecule has 0 bridgehead atoms. The van der Waals surface area contributed by atoms with Crippen LogP contribution in [0.3, 0.4) is 0 Å². The Bertz CT molecular complexity index is 814. The van der Waals surface area contributed by atoms with Crippen LogP contribution in [-0.2, 0) is 11.2 Å². The first kappa shape index (κ1) is 14.6. The van der Waals surface area contributed by atoms with Gasteiger partial charge in [0.1, 0.15) is 0 Å². The Labute approximate surface area is 139 Å². The van der Waals surface area contributed by atoms with E-state index in [9.17, 15) is 4.79 Å². The van der Waals surface area contributed by atoms with Crippen LogP contribution in [0.5, 0.6) is 0 Å². The van der Waals surface area contributed by atoms with Gasteiger partial charge in [0.05, 0.1) is 0 Å². The number of H-pyrrole nitrogens is 1. The molecular formula is C18H17N5O. The van der Waals surface area contributed by atoms with Crippen LogP contribution in [-0.4, -0.2) is 33.1 Å². The highest BCUT2D eigenvalue weighted by Gasteiger charge is 2.30. The molecule has 1 saturated heterocycles. The molecule has 0 radical (unpaired) electrons. The van der Waals surface area contributed by atoms with Crippen LogP contribution in [0.2, 0.25) is 0 Å². The number of para-hydroxylation sites is 1. The normalized spacial score (nSPS) is 17.4. The van der Waals surface area contributed by atoms with E-state index in [2.05, 4.69) is 32.8 Å². The monoisotopic (exact) mass is 319 g/mol. The van der Waals surface area contributed by atoms with Crippen LogP contribution in [0.25, 0.3) is 11.4 Å². The molecule has 1 aliphatic heterocycles. The number of aromatic nitrogens is 4. The number of carbonyl (C=O) groups excluding carboxylic acids is 1. The Morgan fingerprint density at radius 1 is 1.08 bits per heavy atom. The van der Waals surface area contributed by atoms with E-state index in [4.69, 9.17) is 0 Å². The van der Waals surface area contributed by atoms with Gasteiger partial charge in [-0.15, -0.1) is 10.2 Å². The summed E-state index contributed by atoms with van der Waals surface area (Å²) in [7, 11) is 0. The van der Waals surface area contributed by atoms with Crippen molar-refractivity contribution in [3.63, 3.8) is 0 Å². The molecular weight excluding hydrogens is 302 g/mol. The van der Waals surface area contributed by atoms with Crippen molar-refractivity contribution in [2.24, 2.45) is 5.92 Å². The number of benzene rings is 2. The van der Waals surface area contributed by atoms with Gasteiger partial charge in [-0.25, -0.2) is 0 Å². The van der Waals surface area contributed by atoms with E-state index in [0.29, 0.717) is 18.2 Å². The number of anilines is 1. The Balaban J connectivity index is 1.44. The van der Waals surface area contributed by atoms with E-state index >= 15 is 0 Å². The Morgan fingerprint density at radius 2 is 1.88 bits per heavy atom. The minimum absolute atomic E-state index is 0.203. The summed E-state index contributed by atoms with van der Waals surface area (Å²) in [5.41, 5.74) is 3.13. The van der Waals surface area contributed by atoms with Crippen LogP contribution >= 0.6 is 0 Å². The summed E-state index contributed by atoms with van der Waals surface area (Å²) in [5, 5.41) is 14.0. The van der Waals surface area contributed by atoms with Gasteiger partial charge in [-0.05, 0) is 35.2 Å². The Morgan fingerprint density at radius 3 is 2.58 bits per heavy atom. The van der Waals surface area contributed by atoms with E-state index in [1.54, 1.807) is 0 Å². The fourth-order valence-corrected chi connectivity index (χ4v) is 3.18. The summed E-state index contributed by atoms with van der Waals surface area (Å²) in [6, 6.07) is 18.0. The summed E-state index contributed by atoms with van der Waals surface area (Å²) in [6.45, 7) is 0.773. The molecule has 0 saturated carbocycles. The molecule has 2 heterocycles. The van der Waals surface area contributed by atoms with Gasteiger partial charge >= 0.3 is 0 Å². The third-order valence-corrected chi connectivity index (χ3v) is 4.35. The molecule has 1 atom stereocenters. The smallest absolute Gasteiger partial charge is 0.227 e. The lowest BCUT2D eigenvalue weighted by molar-refractivity contribution is -0.117. The molecule has 1 fully saturated rings. The van der Waals surface area contributed by atoms with Gasteiger partial charge in [-0.3, -0.25) is 4.79 Å². The molecule has 6 heteroatoms. The third-order valence-electron chi connectivity index (χ3n) is 4.35. The van der Waals surface area contributed by atoms with Crippen LogP contribution in [0, 0.1) is 5.92 Å². The molecule has 0 aliphatic carbocycles. The second-order valence-electron chi connectivity index (χ2n) is 6.05. The van der Waals surface area contributed by atoms with Crippen molar-refractivity contribution in [3.05, 3.63) is 60.2 Å². The second kappa shape index (κ2) is 6.23. The number of aromatic amines is 1. The van der Waals surface area contributed by atoms with E-state index in [1.807, 2.05) is 47.4 Å². The predicted octanol–water partition coefficient (Wildman–Crippen LogP) is 2.46. The molecule has 2 aromatic carbocycles. The number of rotatable bonds is 4. The fourth-order valence-electron chi connectivity index (χ4n) is 3.18. The Hall–Kier alpha value is -3.02. The molecule has 120 valence electrons. The van der Waals surface area contributed by atoms with Crippen LogP contribution in [0.1, 0.15) is 12.0 Å². The summed E-state index contributed by atoms with van der Waals surface area (Å²) < 4.78 is 0. The van der Waals surface area contributed by atoms with Crippen LogP contribution in [0.4, 0.5) is 5.69 Å². The first-order valence-electron chi connectivity index (χ1n) is 7.98. The molecule has 4 rings (SSSR count). The van der Waals surface area contributed by atoms with Gasteiger partial charge in [-0.2, -0.15) is 5.21 Å². The van der Waals surface area contributed by atoms with Crippen molar-refractivity contribution >= 4 is 11.6 Å². The van der Waals surface area contributed by atoms with Crippen molar-refractivity contribution in [1.29, 1.82) is 0 Å². The number of nitrogens with one attached hydrogen (secondary N) is 1. The first-order chi connectivity index (χ1) is 11.8. The van der Waals surface area contributed by atoms with Crippen molar-refractivity contribution in [1.82, 2.24) is 20.6 Å². The molecule has 24 heavy (non-hydrogen) atoms. The van der Waals surface area contributed by atoms with Crippen molar-refractivity contribution in [3.8, 4) is 11.4 Å². The van der Waals surface area contributed by atoms with Gasteiger partial charge in [0.15, 0.2) is 0 Å². The fraction of sp³-hybridized carbons (Fsp3) is 0.222. The lowest BCUT2D eigenvalue weighted by atomic mass is 9.97. The standard InChI is InChI=1S/C18H17N5O/c24-17-11-14(12-23(17)16-4-2-1-3-5-16)10-13-6-8-15(9-7-13)18-19-21-22-20-18/h1-9,14H,10-12H2,(H,19,20,21,22). The molecule has 1 aliphatic rings. The molecule has 0 spiro atoms. The summed E-state index contributed by atoms with van der Waals surface area (Å²) >= 11 is 0. The van der Waals surface area contributed by atoms with E-state index in [-0.39, 0.29) is 5.91 Å².